The summed E-state index contributed by atoms with van der Waals surface area (Å²) in [4.78, 5) is 0. The molecule has 7 heteroatoms. The molecule has 0 bridgehead atoms. The van der Waals surface area contributed by atoms with Gasteiger partial charge in [-0.3, -0.25) is 0 Å². The van der Waals surface area contributed by atoms with Crippen molar-refractivity contribution >= 4 is 16.8 Å². The van der Waals surface area contributed by atoms with Gasteiger partial charge in [-0.05, 0) is 70.6 Å². The minimum atomic E-state index is -0.909. The van der Waals surface area contributed by atoms with E-state index in [9.17, 15) is 5.11 Å². The van der Waals surface area contributed by atoms with Crippen LogP contribution in [0, 0.1) is 0 Å². The van der Waals surface area contributed by atoms with Crippen molar-refractivity contribution in [3.05, 3.63) is 125 Å². The Morgan fingerprint density at radius 2 is 1.41 bits per heavy atom. The van der Waals surface area contributed by atoms with Gasteiger partial charge in [0.25, 0.3) is 0 Å². The van der Waals surface area contributed by atoms with Gasteiger partial charge < -0.3 is 33.5 Å². The summed E-state index contributed by atoms with van der Waals surface area (Å²) in [5.41, 5.74) is 6.25. The Hall–Kier alpha value is -4.82. The molecule has 1 N–H and O–H groups in total. The molecular weight excluding hydrogens is 580 g/mol. The zero-order valence-corrected chi connectivity index (χ0v) is 26.1. The van der Waals surface area contributed by atoms with Crippen LogP contribution in [0.2, 0.25) is 0 Å². The van der Waals surface area contributed by atoms with Crippen molar-refractivity contribution in [3.63, 3.8) is 0 Å². The van der Waals surface area contributed by atoms with Crippen molar-refractivity contribution in [2.45, 2.75) is 11.7 Å². The molecule has 0 saturated heterocycles. The van der Waals surface area contributed by atoms with E-state index in [4.69, 9.17) is 28.4 Å². The van der Waals surface area contributed by atoms with E-state index in [1.807, 2.05) is 42.5 Å². The van der Waals surface area contributed by atoms with Crippen LogP contribution in [0.3, 0.4) is 0 Å². The third-order valence-corrected chi connectivity index (χ3v) is 8.83. The molecule has 46 heavy (non-hydrogen) atoms. The number of aliphatic hydroxyl groups is 1. The average molecular weight is 617 g/mol. The van der Waals surface area contributed by atoms with Crippen molar-refractivity contribution in [1.82, 2.24) is 0 Å². The van der Waals surface area contributed by atoms with Gasteiger partial charge in [-0.25, -0.2) is 0 Å². The number of hydrogen-bond acceptors (Lipinski definition) is 7. The van der Waals surface area contributed by atoms with Gasteiger partial charge in [-0.15, -0.1) is 0 Å². The highest BCUT2D eigenvalue weighted by Crippen LogP contribution is 2.57. The first kappa shape index (κ1) is 29.9. The summed E-state index contributed by atoms with van der Waals surface area (Å²) in [7, 11) is 5.02. The van der Waals surface area contributed by atoms with Crippen LogP contribution in [0.5, 0.6) is 23.0 Å². The van der Waals surface area contributed by atoms with Crippen LogP contribution in [0.15, 0.2) is 97.1 Å². The summed E-state index contributed by atoms with van der Waals surface area (Å²) < 4.78 is 36.4. The maximum atomic E-state index is 9.18. The lowest BCUT2D eigenvalue weighted by Crippen LogP contribution is -2.34. The highest BCUT2D eigenvalue weighted by atomic mass is 16.5. The van der Waals surface area contributed by atoms with Crippen molar-refractivity contribution < 1.29 is 33.5 Å². The maximum Gasteiger partial charge on any atom is 0.178 e. The smallest absolute Gasteiger partial charge is 0.178 e. The Kier molecular flexibility index (Phi) is 8.13. The van der Waals surface area contributed by atoms with Crippen LogP contribution in [-0.2, 0) is 15.1 Å². The first-order chi connectivity index (χ1) is 22.6. The van der Waals surface area contributed by atoms with E-state index in [1.165, 1.54) is 0 Å². The molecule has 5 aromatic rings. The van der Waals surface area contributed by atoms with Gasteiger partial charge in [-0.1, -0.05) is 54.6 Å². The molecule has 2 atom stereocenters. The molecule has 2 unspecified atom stereocenters. The highest BCUT2D eigenvalue weighted by Gasteiger charge is 2.42. The Morgan fingerprint density at radius 1 is 0.717 bits per heavy atom. The molecule has 5 aromatic carbocycles. The Labute approximate surface area is 268 Å². The van der Waals surface area contributed by atoms with Crippen LogP contribution < -0.4 is 18.9 Å². The van der Waals surface area contributed by atoms with E-state index in [2.05, 4.69) is 60.7 Å². The summed E-state index contributed by atoms with van der Waals surface area (Å²) in [5, 5.41) is 11.2. The maximum absolute atomic E-state index is 9.18. The SMILES string of the molecule is COc1ccc(C2(c3ccccc3)C=Cc3c4c(c5ccc(OC)cc5c3O2)-c2ccc(OC)cc2C4OCCOCCO)cc1. The normalized spacial score (nSPS) is 17.6. The van der Waals surface area contributed by atoms with E-state index in [-0.39, 0.29) is 13.2 Å². The molecule has 1 aliphatic heterocycles. The third kappa shape index (κ3) is 4.97. The summed E-state index contributed by atoms with van der Waals surface area (Å²) >= 11 is 0. The fourth-order valence-electron chi connectivity index (χ4n) is 6.67. The zero-order chi connectivity index (χ0) is 31.7. The summed E-state index contributed by atoms with van der Waals surface area (Å²) in [6.07, 6.45) is 3.93. The molecule has 0 amide bonds. The van der Waals surface area contributed by atoms with Crippen molar-refractivity contribution in [2.24, 2.45) is 0 Å². The van der Waals surface area contributed by atoms with Gasteiger partial charge >= 0.3 is 0 Å². The molecule has 1 aliphatic carbocycles. The number of methoxy groups -OCH3 is 3. The van der Waals surface area contributed by atoms with Gasteiger partial charge in [0.15, 0.2) is 5.60 Å². The second-order valence-corrected chi connectivity index (χ2v) is 11.2. The molecule has 0 fully saturated rings. The number of hydrogen-bond donors (Lipinski definition) is 1. The molecule has 0 radical (unpaired) electrons. The summed E-state index contributed by atoms with van der Waals surface area (Å²) in [5.74, 6) is 3.02. The van der Waals surface area contributed by atoms with Crippen molar-refractivity contribution in [1.29, 1.82) is 0 Å². The number of rotatable bonds is 11. The fraction of sp³-hybridized carbons (Fsp3) is 0.231. The second kappa shape index (κ2) is 12.5. The Morgan fingerprint density at radius 3 is 2.15 bits per heavy atom. The van der Waals surface area contributed by atoms with Gasteiger partial charge in [0.2, 0.25) is 0 Å². The number of fused-ring (bicyclic) bond motifs is 8. The minimum absolute atomic E-state index is 0.0330. The van der Waals surface area contributed by atoms with Gasteiger partial charge in [0, 0.05) is 27.6 Å². The van der Waals surface area contributed by atoms with Crippen LogP contribution in [0.4, 0.5) is 0 Å². The Bertz CT molecular complexity index is 1900. The summed E-state index contributed by atoms with van der Waals surface area (Å²) in [6.45, 7) is 0.940. The number of benzene rings is 5. The molecular formula is C39H36O7. The molecule has 234 valence electrons. The second-order valence-electron chi connectivity index (χ2n) is 11.2. The lowest BCUT2D eigenvalue weighted by Gasteiger charge is -2.37. The molecule has 0 aromatic heterocycles. The lowest BCUT2D eigenvalue weighted by molar-refractivity contribution is 0.0115. The zero-order valence-electron chi connectivity index (χ0n) is 26.1. The largest absolute Gasteiger partial charge is 0.497 e. The molecule has 1 heterocycles. The van der Waals surface area contributed by atoms with Crippen LogP contribution in [0.1, 0.15) is 33.9 Å². The average Bonchev–Trinajstić information content (AvgIpc) is 3.45. The molecule has 7 rings (SSSR count). The van der Waals surface area contributed by atoms with E-state index in [1.54, 1.807) is 21.3 Å². The first-order valence-corrected chi connectivity index (χ1v) is 15.4. The molecule has 7 nitrogen and oxygen atoms in total. The number of ether oxygens (including phenoxy) is 6. The molecule has 0 spiro atoms. The lowest BCUT2D eigenvalue weighted by atomic mass is 9.81. The van der Waals surface area contributed by atoms with E-state index in [0.29, 0.717) is 13.2 Å². The summed E-state index contributed by atoms with van der Waals surface area (Å²) in [6, 6.07) is 30.6. The standard InChI is InChI=1S/C39H36O7/c1-41-27-11-9-26(10-12-27)39(25-7-5-4-6-8-25)18-17-32-36-35(30-15-13-28(42-2)23-33(30)37(32)46-39)31-16-14-29(43-3)24-34(31)38(36)45-22-21-44-20-19-40/h4-18,23-24,38,40H,19-22H2,1-3H3. The van der Waals surface area contributed by atoms with Gasteiger partial charge in [0.1, 0.15) is 29.1 Å². The van der Waals surface area contributed by atoms with Crippen LogP contribution >= 0.6 is 0 Å². The van der Waals surface area contributed by atoms with Crippen LogP contribution in [-0.4, -0.2) is 52.9 Å². The predicted octanol–water partition coefficient (Wildman–Crippen LogP) is 7.31. The predicted molar refractivity (Wildman–Crippen MR) is 178 cm³/mol. The van der Waals surface area contributed by atoms with Crippen LogP contribution in [0.25, 0.3) is 28.0 Å². The molecule has 2 aliphatic rings. The van der Waals surface area contributed by atoms with E-state index in [0.717, 1.165) is 72.7 Å². The minimum Gasteiger partial charge on any atom is -0.497 e. The topological polar surface area (TPSA) is 75.6 Å². The quantitative estimate of drug-likeness (QED) is 0.156. The van der Waals surface area contributed by atoms with E-state index < -0.39 is 11.7 Å². The first-order valence-electron chi connectivity index (χ1n) is 15.4. The van der Waals surface area contributed by atoms with Crippen molar-refractivity contribution in [2.75, 3.05) is 47.8 Å². The van der Waals surface area contributed by atoms with Crippen molar-refractivity contribution in [3.8, 4) is 34.1 Å². The molecule has 0 saturated carbocycles. The van der Waals surface area contributed by atoms with Gasteiger partial charge in [0.05, 0.1) is 47.8 Å². The third-order valence-electron chi connectivity index (χ3n) is 8.83. The Balaban J connectivity index is 1.47. The fourth-order valence-corrected chi connectivity index (χ4v) is 6.67. The monoisotopic (exact) mass is 616 g/mol. The van der Waals surface area contributed by atoms with Gasteiger partial charge in [-0.2, -0.15) is 0 Å². The van der Waals surface area contributed by atoms with E-state index >= 15 is 0 Å². The highest BCUT2D eigenvalue weighted by molar-refractivity contribution is 6.08. The number of aliphatic hydroxyl groups excluding tert-OH is 1.